The Morgan fingerprint density at radius 3 is 2.30 bits per heavy atom. The van der Waals surface area contributed by atoms with Gasteiger partial charge < -0.3 is 4.90 Å². The van der Waals surface area contributed by atoms with E-state index in [2.05, 4.69) is 46.7 Å². The molecule has 0 saturated carbocycles. The summed E-state index contributed by atoms with van der Waals surface area (Å²) >= 11 is 0. The lowest BCUT2D eigenvalue weighted by Gasteiger charge is -2.35. The lowest BCUT2D eigenvalue weighted by molar-refractivity contribution is 0.142. The van der Waals surface area contributed by atoms with E-state index in [0.717, 1.165) is 29.8 Å². The van der Waals surface area contributed by atoms with Crippen LogP contribution in [-0.2, 0) is 0 Å². The molecular weight excluding hydrogens is 248 g/mol. The summed E-state index contributed by atoms with van der Waals surface area (Å²) in [4.78, 5) is 14.4. The van der Waals surface area contributed by atoms with Gasteiger partial charge >= 0.3 is 0 Å². The number of rotatable bonds is 2. The second-order valence-corrected chi connectivity index (χ2v) is 6.52. The van der Waals surface area contributed by atoms with Crippen LogP contribution < -0.4 is 0 Å². The molecule has 0 spiro atoms. The van der Waals surface area contributed by atoms with Crippen LogP contribution in [0.15, 0.2) is 6.07 Å². The SMILES string of the molecule is Cc1cc(C)nc(C2CCN(C3CCN(C)CC3)C2)n1. The van der Waals surface area contributed by atoms with Gasteiger partial charge in [0.2, 0.25) is 0 Å². The van der Waals surface area contributed by atoms with Crippen molar-refractivity contribution in [2.45, 2.75) is 45.1 Å². The van der Waals surface area contributed by atoms with E-state index >= 15 is 0 Å². The Morgan fingerprint density at radius 2 is 1.65 bits per heavy atom. The van der Waals surface area contributed by atoms with Gasteiger partial charge in [0.15, 0.2) is 0 Å². The fourth-order valence-corrected chi connectivity index (χ4v) is 3.63. The Labute approximate surface area is 122 Å². The van der Waals surface area contributed by atoms with Gasteiger partial charge in [0, 0.05) is 29.9 Å². The number of piperidine rings is 1. The maximum atomic E-state index is 4.66. The van der Waals surface area contributed by atoms with Crippen molar-refractivity contribution in [3.8, 4) is 0 Å². The molecule has 0 aliphatic carbocycles. The predicted molar refractivity (Wildman–Crippen MR) is 81.0 cm³/mol. The van der Waals surface area contributed by atoms with Crippen LogP contribution in [-0.4, -0.2) is 59.0 Å². The highest BCUT2D eigenvalue weighted by molar-refractivity contribution is 5.12. The summed E-state index contributed by atoms with van der Waals surface area (Å²) in [5.41, 5.74) is 2.20. The van der Waals surface area contributed by atoms with Crippen LogP contribution in [0, 0.1) is 13.8 Å². The number of nitrogens with zero attached hydrogens (tertiary/aromatic N) is 4. The van der Waals surface area contributed by atoms with Crippen molar-refractivity contribution < 1.29 is 0 Å². The first-order valence-corrected chi connectivity index (χ1v) is 7.86. The van der Waals surface area contributed by atoms with Crippen molar-refractivity contribution >= 4 is 0 Å². The van der Waals surface area contributed by atoms with Gasteiger partial charge in [0.25, 0.3) is 0 Å². The van der Waals surface area contributed by atoms with Crippen molar-refractivity contribution in [3.05, 3.63) is 23.3 Å². The number of aryl methyl sites for hydroxylation is 2. The van der Waals surface area contributed by atoms with Gasteiger partial charge in [0.05, 0.1) is 0 Å². The summed E-state index contributed by atoms with van der Waals surface area (Å²) in [5.74, 6) is 1.60. The molecule has 2 fully saturated rings. The molecule has 20 heavy (non-hydrogen) atoms. The third-order valence-corrected chi connectivity index (χ3v) is 4.79. The molecule has 1 unspecified atom stereocenters. The summed E-state index contributed by atoms with van der Waals surface area (Å²) in [6, 6.07) is 2.84. The molecule has 4 nitrogen and oxygen atoms in total. The van der Waals surface area contributed by atoms with Gasteiger partial charge in [-0.1, -0.05) is 0 Å². The Morgan fingerprint density at radius 1 is 1.00 bits per heavy atom. The Balaban J connectivity index is 1.64. The number of hydrogen-bond acceptors (Lipinski definition) is 4. The number of aromatic nitrogens is 2. The van der Waals surface area contributed by atoms with Crippen LogP contribution >= 0.6 is 0 Å². The maximum absolute atomic E-state index is 4.66. The molecule has 3 heterocycles. The van der Waals surface area contributed by atoms with E-state index in [4.69, 9.17) is 0 Å². The quantitative estimate of drug-likeness (QED) is 0.825. The highest BCUT2D eigenvalue weighted by Gasteiger charge is 2.32. The molecular formula is C16H26N4. The second kappa shape index (κ2) is 5.78. The number of hydrogen-bond donors (Lipinski definition) is 0. The van der Waals surface area contributed by atoms with E-state index in [1.807, 2.05) is 0 Å². The van der Waals surface area contributed by atoms with Crippen molar-refractivity contribution in [1.29, 1.82) is 0 Å². The maximum Gasteiger partial charge on any atom is 0.133 e. The standard InChI is InChI=1S/C16H26N4/c1-12-10-13(2)18-16(17-12)14-4-9-20(11-14)15-5-7-19(3)8-6-15/h10,14-15H,4-9,11H2,1-3H3. The van der Waals surface area contributed by atoms with Crippen LogP contribution in [0.5, 0.6) is 0 Å². The van der Waals surface area contributed by atoms with E-state index in [9.17, 15) is 0 Å². The van der Waals surface area contributed by atoms with Crippen LogP contribution in [0.1, 0.15) is 42.4 Å². The first-order chi connectivity index (χ1) is 9.61. The summed E-state index contributed by atoms with van der Waals surface area (Å²) in [7, 11) is 2.23. The summed E-state index contributed by atoms with van der Waals surface area (Å²) < 4.78 is 0. The molecule has 2 aliphatic rings. The molecule has 1 aromatic heterocycles. The molecule has 0 amide bonds. The normalized spacial score (nSPS) is 26.2. The Hall–Kier alpha value is -1.00. The van der Waals surface area contributed by atoms with E-state index in [0.29, 0.717) is 5.92 Å². The zero-order valence-corrected chi connectivity index (χ0v) is 13.0. The Kier molecular flexibility index (Phi) is 4.03. The van der Waals surface area contributed by atoms with Crippen molar-refractivity contribution in [2.24, 2.45) is 0 Å². The molecule has 0 aromatic carbocycles. The van der Waals surface area contributed by atoms with Crippen molar-refractivity contribution in [1.82, 2.24) is 19.8 Å². The highest BCUT2D eigenvalue weighted by atomic mass is 15.2. The van der Waals surface area contributed by atoms with Crippen molar-refractivity contribution in [3.63, 3.8) is 0 Å². The van der Waals surface area contributed by atoms with Crippen molar-refractivity contribution in [2.75, 3.05) is 33.2 Å². The minimum Gasteiger partial charge on any atom is -0.306 e. The lowest BCUT2D eigenvalue weighted by atomic mass is 10.0. The van der Waals surface area contributed by atoms with E-state index in [1.165, 1.54) is 38.9 Å². The van der Waals surface area contributed by atoms with E-state index in [-0.39, 0.29) is 0 Å². The summed E-state index contributed by atoms with van der Waals surface area (Å²) in [6.45, 7) is 8.99. The average Bonchev–Trinajstić information content (AvgIpc) is 2.88. The summed E-state index contributed by atoms with van der Waals surface area (Å²) in [5, 5.41) is 0. The topological polar surface area (TPSA) is 32.3 Å². The molecule has 0 N–H and O–H groups in total. The van der Waals surface area contributed by atoms with Crippen LogP contribution in [0.4, 0.5) is 0 Å². The number of likely N-dealkylation sites (tertiary alicyclic amines) is 2. The molecule has 0 bridgehead atoms. The van der Waals surface area contributed by atoms with Gasteiger partial charge in [-0.25, -0.2) is 9.97 Å². The molecule has 0 radical (unpaired) electrons. The van der Waals surface area contributed by atoms with Gasteiger partial charge in [-0.05, 0) is 65.9 Å². The molecule has 4 heteroatoms. The average molecular weight is 274 g/mol. The van der Waals surface area contributed by atoms with E-state index < -0.39 is 0 Å². The zero-order valence-electron chi connectivity index (χ0n) is 13.0. The smallest absolute Gasteiger partial charge is 0.133 e. The van der Waals surface area contributed by atoms with Gasteiger partial charge in [0.1, 0.15) is 5.82 Å². The minimum atomic E-state index is 0.535. The first kappa shape index (κ1) is 14.0. The second-order valence-electron chi connectivity index (χ2n) is 6.52. The third kappa shape index (κ3) is 3.01. The van der Waals surface area contributed by atoms with Crippen LogP contribution in [0.25, 0.3) is 0 Å². The first-order valence-electron chi connectivity index (χ1n) is 7.86. The predicted octanol–water partition coefficient (Wildman–Crippen LogP) is 1.98. The lowest BCUT2D eigenvalue weighted by Crippen LogP contribution is -2.42. The fraction of sp³-hybridized carbons (Fsp3) is 0.750. The molecule has 1 aromatic rings. The monoisotopic (exact) mass is 274 g/mol. The molecule has 1 atom stereocenters. The third-order valence-electron chi connectivity index (χ3n) is 4.79. The highest BCUT2D eigenvalue weighted by Crippen LogP contribution is 2.29. The van der Waals surface area contributed by atoms with Crippen LogP contribution in [0.3, 0.4) is 0 Å². The molecule has 2 saturated heterocycles. The largest absolute Gasteiger partial charge is 0.306 e. The van der Waals surface area contributed by atoms with Crippen LogP contribution in [0.2, 0.25) is 0 Å². The Bertz CT molecular complexity index is 445. The van der Waals surface area contributed by atoms with E-state index in [1.54, 1.807) is 0 Å². The summed E-state index contributed by atoms with van der Waals surface area (Å²) in [6.07, 6.45) is 3.85. The van der Waals surface area contributed by atoms with Gasteiger partial charge in [-0.15, -0.1) is 0 Å². The molecule has 2 aliphatic heterocycles. The fourth-order valence-electron chi connectivity index (χ4n) is 3.63. The molecule has 110 valence electrons. The van der Waals surface area contributed by atoms with Gasteiger partial charge in [-0.2, -0.15) is 0 Å². The molecule has 3 rings (SSSR count). The zero-order chi connectivity index (χ0) is 14.1. The van der Waals surface area contributed by atoms with Gasteiger partial charge in [-0.3, -0.25) is 4.90 Å². The minimum absolute atomic E-state index is 0.535.